The second-order valence-corrected chi connectivity index (χ2v) is 6.22. The highest BCUT2D eigenvalue weighted by atomic mass is 16.4. The highest BCUT2D eigenvalue weighted by molar-refractivity contribution is 5.78. The van der Waals surface area contributed by atoms with E-state index in [0.29, 0.717) is 13.0 Å². The van der Waals surface area contributed by atoms with E-state index < -0.39 is 11.5 Å². The topological polar surface area (TPSA) is 67.2 Å². The molecule has 0 spiro atoms. The minimum Gasteiger partial charge on any atom is -0.480 e. The molecule has 1 aromatic heterocycles. The molecule has 1 aliphatic carbocycles. The number of aromatic nitrogens is 2. The first-order valence-electron chi connectivity index (χ1n) is 7.46. The monoisotopic (exact) mass is 279 g/mol. The number of carbonyl (C=O) groups is 1. The lowest BCUT2D eigenvalue weighted by molar-refractivity contribution is -0.144. The third kappa shape index (κ3) is 3.20. The van der Waals surface area contributed by atoms with Crippen LogP contribution in [0.5, 0.6) is 0 Å². The van der Waals surface area contributed by atoms with Gasteiger partial charge < -0.3 is 9.67 Å². The van der Waals surface area contributed by atoms with Gasteiger partial charge in [-0.1, -0.05) is 0 Å². The van der Waals surface area contributed by atoms with Crippen molar-refractivity contribution in [1.29, 1.82) is 0 Å². The number of nitrogens with one attached hydrogen (secondary N) is 1. The summed E-state index contributed by atoms with van der Waals surface area (Å²) in [6, 6.07) is 0.146. The van der Waals surface area contributed by atoms with Crippen molar-refractivity contribution in [3.63, 3.8) is 0 Å². The maximum atomic E-state index is 11.5. The molecule has 1 heterocycles. The van der Waals surface area contributed by atoms with Gasteiger partial charge in [0.2, 0.25) is 0 Å². The van der Waals surface area contributed by atoms with E-state index in [4.69, 9.17) is 0 Å². The minimum atomic E-state index is -0.889. The van der Waals surface area contributed by atoms with E-state index >= 15 is 0 Å². The first kappa shape index (κ1) is 15.0. The molecule has 0 radical (unpaired) electrons. The summed E-state index contributed by atoms with van der Waals surface area (Å²) < 4.78 is 2.14. The predicted molar refractivity (Wildman–Crippen MR) is 77.8 cm³/mol. The van der Waals surface area contributed by atoms with Crippen molar-refractivity contribution in [2.24, 2.45) is 0 Å². The van der Waals surface area contributed by atoms with E-state index in [-0.39, 0.29) is 6.04 Å². The molecule has 2 rings (SSSR count). The first-order valence-corrected chi connectivity index (χ1v) is 7.46. The summed E-state index contributed by atoms with van der Waals surface area (Å²) in [6.45, 7) is 6.41. The molecular weight excluding hydrogens is 254 g/mol. The number of carboxylic acid groups (broad SMARTS) is 1. The standard InChI is InChI=1S/C15H25N3O2/c1-11(2)17-15(3,14(19)20)8-9-18-10-16-12-6-4-5-7-13(12)18/h10-11,17H,4-9H2,1-3H3,(H,19,20). The molecule has 20 heavy (non-hydrogen) atoms. The maximum absolute atomic E-state index is 11.5. The Morgan fingerprint density at radius 2 is 2.20 bits per heavy atom. The van der Waals surface area contributed by atoms with Crippen LogP contribution < -0.4 is 5.32 Å². The highest BCUT2D eigenvalue weighted by Gasteiger charge is 2.33. The van der Waals surface area contributed by atoms with Crippen LogP contribution in [-0.2, 0) is 24.2 Å². The Hall–Kier alpha value is -1.36. The van der Waals surface area contributed by atoms with E-state index in [9.17, 15) is 9.90 Å². The maximum Gasteiger partial charge on any atom is 0.323 e. The van der Waals surface area contributed by atoms with E-state index in [1.165, 1.54) is 24.2 Å². The van der Waals surface area contributed by atoms with Crippen molar-refractivity contribution in [3.8, 4) is 0 Å². The van der Waals surface area contributed by atoms with Gasteiger partial charge in [0, 0.05) is 18.3 Å². The van der Waals surface area contributed by atoms with Crippen LogP contribution in [0.3, 0.4) is 0 Å². The average molecular weight is 279 g/mol. The van der Waals surface area contributed by atoms with Crippen LogP contribution in [0.1, 0.15) is 51.4 Å². The number of imidazole rings is 1. The molecule has 5 heteroatoms. The summed E-state index contributed by atoms with van der Waals surface area (Å²) in [6.07, 6.45) is 6.97. The second-order valence-electron chi connectivity index (χ2n) is 6.22. The number of rotatable bonds is 6. The molecule has 0 saturated heterocycles. The molecule has 112 valence electrons. The quantitative estimate of drug-likeness (QED) is 0.835. The van der Waals surface area contributed by atoms with E-state index in [1.807, 2.05) is 20.2 Å². The molecule has 1 atom stereocenters. The van der Waals surface area contributed by atoms with Gasteiger partial charge in [0.05, 0.1) is 12.0 Å². The molecule has 0 amide bonds. The number of aryl methyl sites for hydroxylation is 2. The molecule has 0 bridgehead atoms. The number of hydrogen-bond acceptors (Lipinski definition) is 3. The molecule has 0 saturated carbocycles. The molecule has 2 N–H and O–H groups in total. The van der Waals surface area contributed by atoms with Crippen LogP contribution in [0.25, 0.3) is 0 Å². The van der Waals surface area contributed by atoms with Crippen LogP contribution in [0, 0.1) is 0 Å². The van der Waals surface area contributed by atoms with Crippen LogP contribution in [0.4, 0.5) is 0 Å². The number of nitrogens with zero attached hydrogens (tertiary/aromatic N) is 2. The van der Waals surface area contributed by atoms with Crippen LogP contribution in [0.15, 0.2) is 6.33 Å². The van der Waals surface area contributed by atoms with Gasteiger partial charge in [-0.2, -0.15) is 0 Å². The molecule has 0 aromatic carbocycles. The summed E-state index contributed by atoms with van der Waals surface area (Å²) in [5.41, 5.74) is 1.61. The van der Waals surface area contributed by atoms with E-state index in [1.54, 1.807) is 6.92 Å². The SMILES string of the molecule is CC(C)NC(C)(CCn1cnc2c1CCCC2)C(=O)O. The van der Waals surface area contributed by atoms with Crippen LogP contribution >= 0.6 is 0 Å². The third-order valence-electron chi connectivity index (χ3n) is 4.04. The van der Waals surface area contributed by atoms with Gasteiger partial charge in [-0.15, -0.1) is 0 Å². The Labute approximate surface area is 120 Å². The van der Waals surface area contributed by atoms with Gasteiger partial charge in [-0.05, 0) is 52.9 Å². The predicted octanol–water partition coefficient (Wildman–Crippen LogP) is 1.99. The second kappa shape index (κ2) is 5.95. The lowest BCUT2D eigenvalue weighted by Crippen LogP contribution is -2.52. The van der Waals surface area contributed by atoms with Gasteiger partial charge >= 0.3 is 5.97 Å². The first-order chi connectivity index (χ1) is 9.42. The highest BCUT2D eigenvalue weighted by Crippen LogP contribution is 2.21. The van der Waals surface area contributed by atoms with Gasteiger partial charge in [0.25, 0.3) is 0 Å². The number of aliphatic carboxylic acids is 1. The zero-order valence-corrected chi connectivity index (χ0v) is 12.6. The Bertz CT molecular complexity index is 481. The zero-order chi connectivity index (χ0) is 14.8. The fourth-order valence-corrected chi connectivity index (χ4v) is 2.95. The van der Waals surface area contributed by atoms with E-state index in [2.05, 4.69) is 14.9 Å². The fraction of sp³-hybridized carbons (Fsp3) is 0.733. The Kier molecular flexibility index (Phi) is 4.48. The smallest absolute Gasteiger partial charge is 0.323 e. The lowest BCUT2D eigenvalue weighted by Gasteiger charge is -2.29. The molecule has 1 aromatic rings. The molecular formula is C15H25N3O2. The van der Waals surface area contributed by atoms with Crippen molar-refractivity contribution in [1.82, 2.24) is 14.9 Å². The van der Waals surface area contributed by atoms with Crippen LogP contribution in [-0.4, -0.2) is 32.2 Å². The van der Waals surface area contributed by atoms with Crippen molar-refractivity contribution in [3.05, 3.63) is 17.7 Å². The average Bonchev–Trinajstić information content (AvgIpc) is 2.78. The van der Waals surface area contributed by atoms with Gasteiger partial charge in [0.15, 0.2) is 0 Å². The largest absolute Gasteiger partial charge is 0.480 e. The number of hydrogen-bond donors (Lipinski definition) is 2. The van der Waals surface area contributed by atoms with Crippen molar-refractivity contribution >= 4 is 5.97 Å². The van der Waals surface area contributed by atoms with E-state index in [0.717, 1.165) is 12.8 Å². The molecule has 5 nitrogen and oxygen atoms in total. The Morgan fingerprint density at radius 3 is 2.85 bits per heavy atom. The number of fused-ring (bicyclic) bond motifs is 1. The zero-order valence-electron chi connectivity index (χ0n) is 12.6. The third-order valence-corrected chi connectivity index (χ3v) is 4.04. The van der Waals surface area contributed by atoms with Crippen LogP contribution in [0.2, 0.25) is 0 Å². The van der Waals surface area contributed by atoms with Crippen molar-refractivity contribution in [2.75, 3.05) is 0 Å². The molecule has 1 aliphatic rings. The van der Waals surface area contributed by atoms with Crippen molar-refractivity contribution < 1.29 is 9.90 Å². The molecule has 0 fully saturated rings. The molecule has 1 unspecified atom stereocenters. The molecule has 0 aliphatic heterocycles. The normalized spacial score (nSPS) is 17.8. The van der Waals surface area contributed by atoms with Gasteiger partial charge in [0.1, 0.15) is 5.54 Å². The fourth-order valence-electron chi connectivity index (χ4n) is 2.95. The Morgan fingerprint density at radius 1 is 1.50 bits per heavy atom. The summed E-state index contributed by atoms with van der Waals surface area (Å²) in [5, 5.41) is 12.6. The lowest BCUT2D eigenvalue weighted by atomic mass is 9.96. The summed E-state index contributed by atoms with van der Waals surface area (Å²) in [4.78, 5) is 16.0. The summed E-state index contributed by atoms with van der Waals surface area (Å²) in [5.74, 6) is -0.791. The number of carboxylic acids is 1. The Balaban J connectivity index is 2.06. The minimum absolute atomic E-state index is 0.146. The summed E-state index contributed by atoms with van der Waals surface area (Å²) in [7, 11) is 0. The van der Waals surface area contributed by atoms with Gasteiger partial charge in [-0.25, -0.2) is 4.98 Å². The summed E-state index contributed by atoms with van der Waals surface area (Å²) >= 11 is 0. The van der Waals surface area contributed by atoms with Gasteiger partial charge in [-0.3, -0.25) is 10.1 Å². The van der Waals surface area contributed by atoms with Crippen molar-refractivity contribution in [2.45, 2.75) is 71.0 Å².